The number of amides is 1. The molecule has 1 amide bonds. The number of benzene rings is 1. The van der Waals surface area contributed by atoms with Crippen LogP contribution in [0.15, 0.2) is 24.3 Å². The summed E-state index contributed by atoms with van der Waals surface area (Å²) in [6.45, 7) is 0.573. The molecule has 1 heterocycles. The molecule has 148 valence electrons. The van der Waals surface area contributed by atoms with E-state index in [-0.39, 0.29) is 18.3 Å². The van der Waals surface area contributed by atoms with Gasteiger partial charge in [-0.25, -0.2) is 4.98 Å². The van der Waals surface area contributed by atoms with Gasteiger partial charge in [-0.3, -0.25) is 4.79 Å². The third-order valence-electron chi connectivity index (χ3n) is 4.16. The van der Waals surface area contributed by atoms with E-state index in [9.17, 15) is 18.0 Å². The maximum Gasteiger partial charge on any atom is 0.416 e. The van der Waals surface area contributed by atoms with Crippen molar-refractivity contribution in [2.75, 3.05) is 18.9 Å². The summed E-state index contributed by atoms with van der Waals surface area (Å²) in [6.07, 6.45) is -1.55. The van der Waals surface area contributed by atoms with Gasteiger partial charge in [-0.15, -0.1) is 23.7 Å². The predicted octanol–water partition coefficient (Wildman–Crippen LogP) is 4.60. The van der Waals surface area contributed by atoms with E-state index >= 15 is 0 Å². The van der Waals surface area contributed by atoms with E-state index in [1.54, 1.807) is 13.1 Å². The molecule has 0 unspecified atom stereocenters. The van der Waals surface area contributed by atoms with E-state index in [0.29, 0.717) is 36.0 Å². The van der Waals surface area contributed by atoms with Crippen LogP contribution in [0.4, 0.5) is 18.3 Å². The molecule has 1 aromatic carbocycles. The van der Waals surface area contributed by atoms with E-state index < -0.39 is 11.7 Å². The number of nitrogens with zero attached hydrogens (tertiary/aromatic N) is 1. The van der Waals surface area contributed by atoms with E-state index in [4.69, 9.17) is 0 Å². The Hall–Kier alpha value is -1.64. The smallest absolute Gasteiger partial charge is 0.319 e. The second-order valence-corrected chi connectivity index (χ2v) is 7.46. The van der Waals surface area contributed by atoms with Gasteiger partial charge in [0.1, 0.15) is 0 Å². The van der Waals surface area contributed by atoms with Crippen LogP contribution in [0.3, 0.4) is 0 Å². The predicted molar refractivity (Wildman–Crippen MR) is 103 cm³/mol. The van der Waals surface area contributed by atoms with Crippen LogP contribution in [0.25, 0.3) is 0 Å². The molecule has 0 atom stereocenters. The van der Waals surface area contributed by atoms with Crippen molar-refractivity contribution >= 4 is 34.8 Å². The molecule has 0 radical (unpaired) electrons. The van der Waals surface area contributed by atoms with Gasteiger partial charge in [0.15, 0.2) is 5.13 Å². The highest BCUT2D eigenvalue weighted by atomic mass is 35.5. The molecule has 3 rings (SSSR count). The van der Waals surface area contributed by atoms with Crippen LogP contribution < -0.4 is 10.6 Å². The number of nitrogens with one attached hydrogen (secondary N) is 2. The van der Waals surface area contributed by atoms with E-state index in [0.717, 1.165) is 29.5 Å². The topological polar surface area (TPSA) is 54.0 Å². The fourth-order valence-electron chi connectivity index (χ4n) is 2.68. The van der Waals surface area contributed by atoms with Crippen LogP contribution in [0, 0.1) is 0 Å². The highest BCUT2D eigenvalue weighted by Crippen LogP contribution is 2.44. The number of carbonyl (C=O) groups excluding carboxylic acids is 1. The minimum Gasteiger partial charge on any atom is -0.319 e. The van der Waals surface area contributed by atoms with Crippen molar-refractivity contribution in [1.29, 1.82) is 0 Å². The van der Waals surface area contributed by atoms with Gasteiger partial charge in [-0.05, 0) is 31.5 Å². The first-order chi connectivity index (χ1) is 12.4. The third-order valence-corrected chi connectivity index (χ3v) is 5.15. The summed E-state index contributed by atoms with van der Waals surface area (Å²) in [5.74, 6) is 0.232. The Labute approximate surface area is 166 Å². The number of rotatable bonds is 7. The number of carbonyl (C=O) groups is 1. The average molecular weight is 420 g/mol. The molecule has 1 aliphatic carbocycles. The molecule has 1 fully saturated rings. The summed E-state index contributed by atoms with van der Waals surface area (Å²) in [7, 11) is 1.77. The van der Waals surface area contributed by atoms with E-state index in [2.05, 4.69) is 15.6 Å². The molecule has 9 heteroatoms. The average Bonchev–Trinajstić information content (AvgIpc) is 3.35. The van der Waals surface area contributed by atoms with Crippen LogP contribution in [0.1, 0.15) is 46.9 Å². The Bertz CT molecular complexity index is 790. The minimum absolute atomic E-state index is 0. The second kappa shape index (κ2) is 9.03. The van der Waals surface area contributed by atoms with E-state index in [1.165, 1.54) is 23.5 Å². The molecule has 4 nitrogen and oxygen atoms in total. The van der Waals surface area contributed by atoms with Crippen LogP contribution in [-0.4, -0.2) is 24.5 Å². The number of aromatic nitrogens is 1. The maximum absolute atomic E-state index is 12.9. The van der Waals surface area contributed by atoms with Gasteiger partial charge < -0.3 is 10.6 Å². The molecule has 0 aliphatic heterocycles. The van der Waals surface area contributed by atoms with Crippen molar-refractivity contribution in [3.8, 4) is 0 Å². The summed E-state index contributed by atoms with van der Waals surface area (Å²) < 4.78 is 38.7. The zero-order chi connectivity index (χ0) is 18.7. The molecular weight excluding hydrogens is 399 g/mol. The molecule has 2 aromatic rings. The highest BCUT2D eigenvalue weighted by Gasteiger charge is 2.32. The first-order valence-electron chi connectivity index (χ1n) is 8.47. The monoisotopic (exact) mass is 419 g/mol. The third kappa shape index (κ3) is 5.92. The fraction of sp³-hybridized carbons (Fsp3) is 0.444. The molecule has 0 saturated heterocycles. The summed E-state index contributed by atoms with van der Waals surface area (Å²) >= 11 is 1.35. The van der Waals surface area contributed by atoms with Crippen molar-refractivity contribution in [3.63, 3.8) is 0 Å². The largest absolute Gasteiger partial charge is 0.416 e. The highest BCUT2D eigenvalue weighted by molar-refractivity contribution is 7.15. The Morgan fingerprint density at radius 3 is 2.70 bits per heavy atom. The van der Waals surface area contributed by atoms with Crippen molar-refractivity contribution in [2.45, 2.75) is 37.8 Å². The van der Waals surface area contributed by atoms with Gasteiger partial charge in [-0.1, -0.05) is 18.2 Å². The fourth-order valence-corrected chi connectivity index (χ4v) is 3.78. The van der Waals surface area contributed by atoms with Crippen molar-refractivity contribution in [1.82, 2.24) is 10.3 Å². The number of hydrogen-bond acceptors (Lipinski definition) is 4. The number of thiazole rings is 1. The summed E-state index contributed by atoms with van der Waals surface area (Å²) in [6, 6.07) is 5.38. The molecule has 0 bridgehead atoms. The first kappa shape index (κ1) is 21.7. The maximum atomic E-state index is 12.9. The van der Waals surface area contributed by atoms with Gasteiger partial charge >= 0.3 is 6.18 Å². The van der Waals surface area contributed by atoms with Gasteiger partial charge in [0.2, 0.25) is 5.91 Å². The van der Waals surface area contributed by atoms with Gasteiger partial charge in [0.05, 0.1) is 11.3 Å². The van der Waals surface area contributed by atoms with Crippen molar-refractivity contribution < 1.29 is 18.0 Å². The number of hydrogen-bond donors (Lipinski definition) is 2. The molecule has 27 heavy (non-hydrogen) atoms. The zero-order valence-corrected chi connectivity index (χ0v) is 16.4. The molecular formula is C18H21ClF3N3OS. The number of anilines is 1. The van der Waals surface area contributed by atoms with Crippen molar-refractivity contribution in [2.24, 2.45) is 0 Å². The quantitative estimate of drug-likeness (QED) is 0.689. The Balaban J connectivity index is 0.00000261. The summed E-state index contributed by atoms with van der Waals surface area (Å²) in [5.41, 5.74) is 0.864. The lowest BCUT2D eigenvalue weighted by molar-refractivity contribution is -0.137. The molecule has 1 aliphatic rings. The normalized spacial score (nSPS) is 13.9. The molecule has 2 N–H and O–H groups in total. The van der Waals surface area contributed by atoms with Gasteiger partial charge in [-0.2, -0.15) is 13.2 Å². The Morgan fingerprint density at radius 1 is 1.33 bits per heavy atom. The molecule has 0 spiro atoms. The lowest BCUT2D eigenvalue weighted by Gasteiger charge is -2.08. The minimum atomic E-state index is -4.35. The van der Waals surface area contributed by atoms with Gasteiger partial charge in [0, 0.05) is 30.2 Å². The molecule has 1 saturated carbocycles. The van der Waals surface area contributed by atoms with Crippen LogP contribution in [0.2, 0.25) is 0 Å². The Kier molecular flexibility index (Phi) is 7.25. The van der Waals surface area contributed by atoms with Crippen LogP contribution >= 0.6 is 23.7 Å². The standard InChI is InChI=1S/C18H20F3N3OS.ClH/c1-22-8-7-15(25)23-17-24-16(12-5-6-12)14(26-17)10-11-3-2-4-13(9-11)18(19,20)21;/h2-4,9,12,22H,5-8,10H2,1H3,(H,23,24,25);1H. The first-order valence-corrected chi connectivity index (χ1v) is 9.28. The van der Waals surface area contributed by atoms with Crippen molar-refractivity contribution in [3.05, 3.63) is 46.0 Å². The Morgan fingerprint density at radius 2 is 2.07 bits per heavy atom. The summed E-state index contributed by atoms with van der Waals surface area (Å²) in [4.78, 5) is 17.3. The van der Waals surface area contributed by atoms with E-state index in [1.807, 2.05) is 0 Å². The zero-order valence-electron chi connectivity index (χ0n) is 14.7. The lowest BCUT2D eigenvalue weighted by Crippen LogP contribution is -2.18. The van der Waals surface area contributed by atoms with Gasteiger partial charge in [0.25, 0.3) is 0 Å². The SMILES string of the molecule is CNCCC(=O)Nc1nc(C2CC2)c(Cc2cccc(C(F)(F)F)c2)s1.Cl. The second-order valence-electron chi connectivity index (χ2n) is 6.38. The number of halogens is 4. The van der Waals surface area contributed by atoms with Crippen LogP contribution in [0.5, 0.6) is 0 Å². The lowest BCUT2D eigenvalue weighted by atomic mass is 10.1. The number of alkyl halides is 3. The molecule has 1 aromatic heterocycles. The summed E-state index contributed by atoms with van der Waals surface area (Å²) in [5, 5.41) is 6.22. The van der Waals surface area contributed by atoms with Crippen LogP contribution in [-0.2, 0) is 17.4 Å².